The lowest BCUT2D eigenvalue weighted by Gasteiger charge is -2.26. The molecule has 2 aromatic carbocycles. The molecule has 1 aliphatic heterocycles. The molecule has 4 rings (SSSR count). The predicted octanol–water partition coefficient (Wildman–Crippen LogP) is 2.72. The lowest BCUT2D eigenvalue weighted by Crippen LogP contribution is -2.40. The third-order valence-corrected chi connectivity index (χ3v) is 6.36. The third kappa shape index (κ3) is 4.04. The summed E-state index contributed by atoms with van der Waals surface area (Å²) in [5, 5.41) is 0.476. The van der Waals surface area contributed by atoms with Gasteiger partial charge in [-0.1, -0.05) is 12.1 Å². The Labute approximate surface area is 179 Å². The van der Waals surface area contributed by atoms with Gasteiger partial charge in [0, 0.05) is 24.5 Å². The molecule has 0 unspecified atom stereocenters. The summed E-state index contributed by atoms with van der Waals surface area (Å²) >= 11 is 0. The van der Waals surface area contributed by atoms with Crippen molar-refractivity contribution in [3.63, 3.8) is 0 Å². The summed E-state index contributed by atoms with van der Waals surface area (Å²) in [6.07, 6.45) is 0. The van der Waals surface area contributed by atoms with E-state index in [0.717, 1.165) is 0 Å². The van der Waals surface area contributed by atoms with Gasteiger partial charge in [-0.3, -0.25) is 9.52 Å². The Balaban J connectivity index is 1.80. The number of para-hydroxylation sites is 1. The van der Waals surface area contributed by atoms with Crippen molar-refractivity contribution in [2.75, 3.05) is 45.2 Å². The highest BCUT2D eigenvalue weighted by Gasteiger charge is 2.30. The molecule has 0 aliphatic carbocycles. The molecule has 0 saturated carbocycles. The number of amides is 1. The van der Waals surface area contributed by atoms with E-state index in [2.05, 4.69) is 4.72 Å². The number of ether oxygens (including phenoxy) is 3. The van der Waals surface area contributed by atoms with Gasteiger partial charge in [0.15, 0.2) is 0 Å². The Bertz CT molecular complexity index is 1210. The zero-order chi connectivity index (χ0) is 22.0. The number of methoxy groups -OCH3 is 2. The van der Waals surface area contributed by atoms with Crippen molar-refractivity contribution in [2.24, 2.45) is 0 Å². The fourth-order valence-corrected chi connectivity index (χ4v) is 4.66. The summed E-state index contributed by atoms with van der Waals surface area (Å²) in [6, 6.07) is 11.3. The highest BCUT2D eigenvalue weighted by atomic mass is 32.2. The van der Waals surface area contributed by atoms with Gasteiger partial charge in [0.25, 0.3) is 15.9 Å². The van der Waals surface area contributed by atoms with Crippen molar-refractivity contribution < 1.29 is 31.8 Å². The second kappa shape index (κ2) is 8.48. The fraction of sp³-hybridized carbons (Fsp3) is 0.286. The van der Waals surface area contributed by atoms with Crippen LogP contribution in [0.1, 0.15) is 10.6 Å². The van der Waals surface area contributed by atoms with Crippen LogP contribution in [0.15, 0.2) is 51.8 Å². The lowest BCUT2D eigenvalue weighted by atomic mass is 10.2. The zero-order valence-corrected chi connectivity index (χ0v) is 17.9. The van der Waals surface area contributed by atoms with Crippen LogP contribution in [-0.2, 0) is 14.8 Å². The van der Waals surface area contributed by atoms with Crippen molar-refractivity contribution in [3.8, 4) is 11.5 Å². The Kier molecular flexibility index (Phi) is 5.75. The largest absolute Gasteiger partial charge is 0.497 e. The number of anilines is 1. The molecular formula is C21H22N2O7S. The molecule has 1 fully saturated rings. The highest BCUT2D eigenvalue weighted by Crippen LogP contribution is 2.36. The number of benzene rings is 2. The van der Waals surface area contributed by atoms with E-state index in [1.54, 1.807) is 35.2 Å². The molecular weight excluding hydrogens is 424 g/mol. The second-order valence-corrected chi connectivity index (χ2v) is 8.48. The quantitative estimate of drug-likeness (QED) is 0.620. The number of nitrogens with zero attached hydrogens (tertiary/aromatic N) is 1. The molecule has 164 valence electrons. The topological polar surface area (TPSA) is 107 Å². The molecule has 1 aromatic heterocycles. The number of sulfonamides is 1. The van der Waals surface area contributed by atoms with Crippen LogP contribution >= 0.6 is 0 Å². The lowest BCUT2D eigenvalue weighted by molar-refractivity contribution is 0.0285. The minimum Gasteiger partial charge on any atom is -0.497 e. The van der Waals surface area contributed by atoms with Crippen LogP contribution < -0.4 is 14.2 Å². The second-order valence-electron chi connectivity index (χ2n) is 6.83. The first-order chi connectivity index (χ1) is 14.9. The number of nitrogens with one attached hydrogen (secondary N) is 1. The number of hydrogen-bond acceptors (Lipinski definition) is 7. The summed E-state index contributed by atoms with van der Waals surface area (Å²) in [5.74, 6) is 0.00773. The average molecular weight is 446 g/mol. The molecule has 31 heavy (non-hydrogen) atoms. The molecule has 10 heteroatoms. The minimum absolute atomic E-state index is 0.0754. The Morgan fingerprint density at radius 3 is 2.52 bits per heavy atom. The van der Waals surface area contributed by atoms with E-state index in [0.29, 0.717) is 43.0 Å². The van der Waals surface area contributed by atoms with E-state index in [1.807, 2.05) is 0 Å². The van der Waals surface area contributed by atoms with Crippen LogP contribution in [0.5, 0.6) is 11.5 Å². The van der Waals surface area contributed by atoms with E-state index in [-0.39, 0.29) is 22.1 Å². The Hall–Kier alpha value is -3.24. The third-order valence-electron chi connectivity index (χ3n) is 4.98. The smallest absolute Gasteiger partial charge is 0.291 e. The van der Waals surface area contributed by atoms with Gasteiger partial charge in [0.1, 0.15) is 27.7 Å². The number of hydrogen-bond donors (Lipinski definition) is 1. The average Bonchev–Trinajstić information content (AvgIpc) is 3.16. The first kappa shape index (κ1) is 21.0. The van der Waals surface area contributed by atoms with Crippen LogP contribution in [0.25, 0.3) is 11.0 Å². The summed E-state index contributed by atoms with van der Waals surface area (Å²) in [7, 11) is -1.33. The van der Waals surface area contributed by atoms with E-state index in [1.165, 1.54) is 26.4 Å². The molecule has 1 amide bonds. The van der Waals surface area contributed by atoms with Crippen LogP contribution in [0.4, 0.5) is 5.69 Å². The van der Waals surface area contributed by atoms with E-state index >= 15 is 0 Å². The Morgan fingerprint density at radius 2 is 1.81 bits per heavy atom. The maximum atomic E-state index is 13.3. The van der Waals surface area contributed by atoms with Crippen molar-refractivity contribution in [1.29, 1.82) is 0 Å². The maximum absolute atomic E-state index is 13.3. The first-order valence-corrected chi connectivity index (χ1v) is 11.1. The van der Waals surface area contributed by atoms with Gasteiger partial charge < -0.3 is 23.5 Å². The molecule has 1 saturated heterocycles. The van der Waals surface area contributed by atoms with Gasteiger partial charge in [0.2, 0.25) is 5.76 Å². The van der Waals surface area contributed by atoms with E-state index in [9.17, 15) is 13.2 Å². The van der Waals surface area contributed by atoms with Crippen molar-refractivity contribution in [1.82, 2.24) is 4.90 Å². The summed E-state index contributed by atoms with van der Waals surface area (Å²) < 4.78 is 50.6. The van der Waals surface area contributed by atoms with Gasteiger partial charge in [-0.05, 0) is 24.3 Å². The molecule has 0 spiro atoms. The van der Waals surface area contributed by atoms with Crippen molar-refractivity contribution >= 4 is 32.6 Å². The van der Waals surface area contributed by atoms with Crippen molar-refractivity contribution in [3.05, 3.63) is 48.2 Å². The van der Waals surface area contributed by atoms with Gasteiger partial charge in [-0.25, -0.2) is 8.42 Å². The zero-order valence-electron chi connectivity index (χ0n) is 17.1. The molecule has 3 aromatic rings. The standard InChI is InChI=1S/C21H22N2O7S/c1-27-14-7-8-17(28-2)18(13-14)31(25,26)22-19-15-5-3-4-6-16(15)30-20(19)21(24)23-9-11-29-12-10-23/h3-8,13,22H,9-12H2,1-2H3. The number of fused-ring (bicyclic) bond motifs is 1. The molecule has 0 radical (unpaired) electrons. The highest BCUT2D eigenvalue weighted by molar-refractivity contribution is 7.92. The van der Waals surface area contributed by atoms with Gasteiger partial charge >= 0.3 is 0 Å². The predicted molar refractivity (Wildman–Crippen MR) is 113 cm³/mol. The molecule has 2 heterocycles. The minimum atomic E-state index is -4.15. The van der Waals surface area contributed by atoms with Gasteiger partial charge in [-0.2, -0.15) is 0 Å². The van der Waals surface area contributed by atoms with Crippen LogP contribution in [0.2, 0.25) is 0 Å². The maximum Gasteiger partial charge on any atom is 0.291 e. The Morgan fingerprint density at radius 1 is 1.06 bits per heavy atom. The molecule has 0 atom stereocenters. The van der Waals surface area contributed by atoms with Crippen molar-refractivity contribution in [2.45, 2.75) is 4.90 Å². The normalized spacial score (nSPS) is 14.5. The number of morpholine rings is 1. The molecule has 0 bridgehead atoms. The number of rotatable bonds is 6. The SMILES string of the molecule is COc1ccc(OC)c(S(=O)(=O)Nc2c(C(=O)N3CCOCC3)oc3ccccc23)c1. The van der Waals surface area contributed by atoms with Gasteiger partial charge in [0.05, 0.1) is 27.4 Å². The van der Waals surface area contributed by atoms with Gasteiger partial charge in [-0.15, -0.1) is 0 Å². The number of carbonyl (C=O) groups excluding carboxylic acids is 1. The summed E-state index contributed by atoms with van der Waals surface area (Å²) in [6.45, 7) is 1.61. The molecule has 1 aliphatic rings. The molecule has 1 N–H and O–H groups in total. The summed E-state index contributed by atoms with van der Waals surface area (Å²) in [5.41, 5.74) is 0.478. The van der Waals surface area contributed by atoms with Crippen LogP contribution in [0, 0.1) is 0 Å². The molecule has 9 nitrogen and oxygen atoms in total. The first-order valence-electron chi connectivity index (χ1n) is 9.58. The summed E-state index contributed by atoms with van der Waals surface area (Å²) in [4.78, 5) is 14.6. The van der Waals surface area contributed by atoms with Crippen LogP contribution in [0.3, 0.4) is 0 Å². The van der Waals surface area contributed by atoms with E-state index in [4.69, 9.17) is 18.6 Å². The van der Waals surface area contributed by atoms with E-state index < -0.39 is 15.9 Å². The van der Waals surface area contributed by atoms with Crippen LogP contribution in [-0.4, -0.2) is 59.7 Å². The number of furan rings is 1. The monoisotopic (exact) mass is 446 g/mol. The fourth-order valence-electron chi connectivity index (χ4n) is 3.39. The number of carbonyl (C=O) groups is 1.